The van der Waals surface area contributed by atoms with E-state index in [-0.39, 0.29) is 0 Å². The summed E-state index contributed by atoms with van der Waals surface area (Å²) in [5.41, 5.74) is 6.99. The SMILES string of the molecule is Nc1c(I)c(I)c(I)c(C(=O)Cl)c1I. The molecule has 1 aromatic rings. The summed E-state index contributed by atoms with van der Waals surface area (Å²) in [4.78, 5) is 11.2. The third kappa shape index (κ3) is 2.59. The summed E-state index contributed by atoms with van der Waals surface area (Å²) in [5, 5.41) is -0.459. The van der Waals surface area contributed by atoms with E-state index in [1.165, 1.54) is 0 Å². The maximum Gasteiger partial charge on any atom is 0.254 e. The molecule has 0 aromatic heterocycles. The summed E-state index contributed by atoms with van der Waals surface area (Å²) in [5.74, 6) is 0. The van der Waals surface area contributed by atoms with Crippen molar-refractivity contribution in [3.63, 3.8) is 0 Å². The lowest BCUT2D eigenvalue weighted by atomic mass is 10.2. The van der Waals surface area contributed by atoms with Crippen LogP contribution in [0.2, 0.25) is 0 Å². The Morgan fingerprint density at radius 3 is 1.93 bits per heavy atom. The summed E-state index contributed by atoms with van der Waals surface area (Å²) in [6.45, 7) is 0. The molecule has 2 nitrogen and oxygen atoms in total. The maximum atomic E-state index is 11.2. The van der Waals surface area contributed by atoms with Crippen molar-refractivity contribution in [1.82, 2.24) is 0 Å². The molecular formula is C7H2ClI4NO. The second kappa shape index (κ2) is 5.49. The first-order valence-corrected chi connectivity index (χ1v) is 7.88. The maximum absolute atomic E-state index is 11.2. The normalized spacial score (nSPS) is 10.4. The van der Waals surface area contributed by atoms with Crippen LogP contribution in [-0.4, -0.2) is 5.24 Å². The van der Waals surface area contributed by atoms with E-state index in [4.69, 9.17) is 17.3 Å². The minimum Gasteiger partial charge on any atom is -0.397 e. The van der Waals surface area contributed by atoms with Crippen molar-refractivity contribution in [2.45, 2.75) is 0 Å². The molecule has 0 unspecified atom stereocenters. The molecule has 76 valence electrons. The third-order valence-corrected chi connectivity index (χ3v) is 8.15. The van der Waals surface area contributed by atoms with Crippen LogP contribution in [0.25, 0.3) is 0 Å². The summed E-state index contributed by atoms with van der Waals surface area (Å²) >= 11 is 14.0. The van der Waals surface area contributed by atoms with Gasteiger partial charge in [-0.3, -0.25) is 4.79 Å². The number of benzene rings is 1. The standard InChI is InChI=1S/C7H2ClI4NO/c8-7(14)1-2(9)4(11)5(12)6(13)3(1)10/h13H2. The number of hydrogen-bond acceptors (Lipinski definition) is 2. The molecule has 14 heavy (non-hydrogen) atoms. The highest BCUT2D eigenvalue weighted by Gasteiger charge is 2.20. The second-order valence-corrected chi connectivity index (χ2v) is 6.98. The summed E-state index contributed by atoms with van der Waals surface area (Å²) < 4.78 is 3.55. The number of halogens is 5. The number of hydrogen-bond donors (Lipinski definition) is 1. The van der Waals surface area contributed by atoms with Crippen LogP contribution in [0.5, 0.6) is 0 Å². The lowest BCUT2D eigenvalue weighted by molar-refractivity contribution is 0.108. The van der Waals surface area contributed by atoms with Crippen molar-refractivity contribution in [2.75, 3.05) is 5.73 Å². The molecule has 1 aromatic carbocycles. The molecule has 0 amide bonds. The molecule has 1 rings (SSSR count). The van der Waals surface area contributed by atoms with E-state index in [9.17, 15) is 4.79 Å². The van der Waals surface area contributed by atoms with Crippen molar-refractivity contribution >= 4 is 113 Å². The van der Waals surface area contributed by atoms with Crippen LogP contribution in [0.3, 0.4) is 0 Å². The molecule has 0 aliphatic rings. The van der Waals surface area contributed by atoms with Crippen molar-refractivity contribution in [1.29, 1.82) is 0 Å². The van der Waals surface area contributed by atoms with Gasteiger partial charge in [0.25, 0.3) is 5.24 Å². The van der Waals surface area contributed by atoms with Crippen LogP contribution < -0.4 is 5.73 Å². The number of carbonyl (C=O) groups is 1. The largest absolute Gasteiger partial charge is 0.397 e. The molecule has 0 saturated carbocycles. The zero-order valence-electron chi connectivity index (χ0n) is 6.38. The fourth-order valence-corrected chi connectivity index (χ4v) is 5.55. The van der Waals surface area contributed by atoms with E-state index in [0.29, 0.717) is 11.3 Å². The highest BCUT2D eigenvalue weighted by Crippen LogP contribution is 2.34. The van der Waals surface area contributed by atoms with Gasteiger partial charge in [-0.1, -0.05) is 0 Å². The molecule has 0 radical (unpaired) electrons. The van der Waals surface area contributed by atoms with Gasteiger partial charge in [0.1, 0.15) is 0 Å². The van der Waals surface area contributed by atoms with E-state index in [0.717, 1.165) is 14.3 Å². The Labute approximate surface area is 141 Å². The fraction of sp³-hybridized carbons (Fsp3) is 0. The Morgan fingerprint density at radius 2 is 1.50 bits per heavy atom. The first-order chi connectivity index (χ1) is 6.37. The summed E-state index contributed by atoms with van der Waals surface area (Å²) in [7, 11) is 0. The fourth-order valence-electron chi connectivity index (χ4n) is 0.824. The van der Waals surface area contributed by atoms with Gasteiger partial charge in [-0.05, 0) is 102 Å². The van der Waals surface area contributed by atoms with Crippen LogP contribution >= 0.6 is 102 Å². The average molecular weight is 659 g/mol. The quantitative estimate of drug-likeness (QED) is 0.163. The molecule has 0 fully saturated rings. The smallest absolute Gasteiger partial charge is 0.254 e. The van der Waals surface area contributed by atoms with Gasteiger partial charge in [-0.2, -0.15) is 0 Å². The van der Waals surface area contributed by atoms with Crippen LogP contribution in [0.1, 0.15) is 10.4 Å². The van der Waals surface area contributed by atoms with Crippen molar-refractivity contribution in [3.8, 4) is 0 Å². The Bertz CT molecular complexity index is 392. The van der Waals surface area contributed by atoms with E-state index in [2.05, 4.69) is 67.8 Å². The van der Waals surface area contributed by atoms with Crippen LogP contribution in [0.4, 0.5) is 5.69 Å². The van der Waals surface area contributed by atoms with Crippen LogP contribution in [-0.2, 0) is 0 Å². The van der Waals surface area contributed by atoms with Crippen molar-refractivity contribution in [3.05, 3.63) is 19.8 Å². The predicted octanol–water partition coefficient (Wildman–Crippen LogP) is 4.07. The molecule has 0 saturated heterocycles. The van der Waals surface area contributed by atoms with Gasteiger partial charge in [-0.15, -0.1) is 0 Å². The highest BCUT2D eigenvalue weighted by molar-refractivity contribution is 14.1. The molecule has 0 heterocycles. The summed E-state index contributed by atoms with van der Waals surface area (Å²) in [6.07, 6.45) is 0. The van der Waals surface area contributed by atoms with E-state index in [1.807, 2.05) is 22.6 Å². The Hall–Kier alpha value is 1.90. The Balaban J connectivity index is 3.68. The van der Waals surface area contributed by atoms with Gasteiger partial charge in [0.15, 0.2) is 0 Å². The van der Waals surface area contributed by atoms with Gasteiger partial charge < -0.3 is 5.73 Å². The van der Waals surface area contributed by atoms with E-state index in [1.54, 1.807) is 0 Å². The first kappa shape index (κ1) is 14.0. The summed E-state index contributed by atoms with van der Waals surface area (Å²) in [6, 6.07) is 0. The molecule has 0 atom stereocenters. The molecule has 0 aliphatic heterocycles. The van der Waals surface area contributed by atoms with Crippen molar-refractivity contribution in [2.24, 2.45) is 0 Å². The van der Waals surface area contributed by atoms with Gasteiger partial charge in [0, 0.05) is 7.14 Å². The number of nitrogens with two attached hydrogens (primary N) is 1. The zero-order valence-corrected chi connectivity index (χ0v) is 15.8. The van der Waals surface area contributed by atoms with Gasteiger partial charge in [0.05, 0.1) is 18.4 Å². The van der Waals surface area contributed by atoms with Gasteiger partial charge in [0.2, 0.25) is 0 Å². The predicted molar refractivity (Wildman–Crippen MR) is 91.9 cm³/mol. The minimum atomic E-state index is -0.459. The van der Waals surface area contributed by atoms with E-state index < -0.39 is 5.24 Å². The van der Waals surface area contributed by atoms with Crippen LogP contribution in [0.15, 0.2) is 0 Å². The van der Waals surface area contributed by atoms with E-state index >= 15 is 0 Å². The third-order valence-electron chi connectivity index (χ3n) is 1.49. The lowest BCUT2D eigenvalue weighted by Crippen LogP contribution is -2.07. The van der Waals surface area contributed by atoms with Crippen molar-refractivity contribution < 1.29 is 4.79 Å². The number of nitrogen functional groups attached to an aromatic ring is 1. The first-order valence-electron chi connectivity index (χ1n) is 3.19. The molecule has 0 spiro atoms. The topological polar surface area (TPSA) is 43.1 Å². The Morgan fingerprint density at radius 1 is 1.00 bits per heavy atom. The molecule has 2 N–H and O–H groups in total. The number of carbonyl (C=O) groups excluding carboxylic acids is 1. The number of anilines is 1. The average Bonchev–Trinajstić information content (AvgIpc) is 2.11. The second-order valence-electron chi connectivity index (χ2n) is 2.32. The molecule has 0 bridgehead atoms. The monoisotopic (exact) mass is 659 g/mol. The Kier molecular flexibility index (Phi) is 5.48. The van der Waals surface area contributed by atoms with Gasteiger partial charge >= 0.3 is 0 Å². The number of rotatable bonds is 1. The highest BCUT2D eigenvalue weighted by atomic mass is 127. The van der Waals surface area contributed by atoms with Crippen LogP contribution in [0, 0.1) is 14.3 Å². The lowest BCUT2D eigenvalue weighted by Gasteiger charge is -2.11. The molecular weight excluding hydrogens is 657 g/mol. The minimum absolute atomic E-state index is 0.459. The molecule has 7 heteroatoms. The van der Waals surface area contributed by atoms with Gasteiger partial charge in [-0.25, -0.2) is 0 Å². The molecule has 0 aliphatic carbocycles. The zero-order chi connectivity index (χ0) is 11.0.